The summed E-state index contributed by atoms with van der Waals surface area (Å²) < 4.78 is 5.86. The van der Waals surface area contributed by atoms with E-state index in [1.165, 1.54) is 38.9 Å². The summed E-state index contributed by atoms with van der Waals surface area (Å²) in [6, 6.07) is 22.4. The average molecular weight is 535 g/mol. The van der Waals surface area contributed by atoms with Gasteiger partial charge in [0, 0.05) is 0 Å². The van der Waals surface area contributed by atoms with Gasteiger partial charge in [0.1, 0.15) is 0 Å². The Hall–Kier alpha value is -2.05. The molecule has 2 aliphatic carbocycles. The molecule has 0 radical (unpaired) electrons. The third-order valence-corrected chi connectivity index (χ3v) is 12.7. The zero-order chi connectivity index (χ0) is 20.5. The van der Waals surface area contributed by atoms with Gasteiger partial charge in [-0.15, -0.1) is 0 Å². The van der Waals surface area contributed by atoms with Gasteiger partial charge in [0.25, 0.3) is 0 Å². The molecule has 0 bridgehead atoms. The summed E-state index contributed by atoms with van der Waals surface area (Å²) in [4.78, 5) is 0. The van der Waals surface area contributed by atoms with Gasteiger partial charge < -0.3 is 24.8 Å². The molecule has 0 N–H and O–H groups in total. The second-order valence-corrected chi connectivity index (χ2v) is 13.5. The smallest absolute Gasteiger partial charge is 1.00 e. The van der Waals surface area contributed by atoms with Gasteiger partial charge in [-0.3, -0.25) is 0 Å². The molecule has 0 amide bonds. The van der Waals surface area contributed by atoms with E-state index in [0.717, 1.165) is 12.8 Å². The molecule has 0 aliphatic heterocycles. The Morgan fingerprint density at radius 2 is 1.53 bits per heavy atom. The van der Waals surface area contributed by atoms with Gasteiger partial charge in [-0.2, -0.15) is 0 Å². The van der Waals surface area contributed by atoms with E-state index in [-0.39, 0.29) is 24.8 Å². The first-order valence-corrected chi connectivity index (χ1v) is 14.3. The van der Waals surface area contributed by atoms with Gasteiger partial charge in [0.05, 0.1) is 0 Å². The van der Waals surface area contributed by atoms with Crippen LogP contribution in [0.15, 0.2) is 95.3 Å². The minimum atomic E-state index is -2.23. The van der Waals surface area contributed by atoms with Crippen LogP contribution >= 0.6 is 0 Å². The van der Waals surface area contributed by atoms with Gasteiger partial charge in [-0.25, -0.2) is 0 Å². The van der Waals surface area contributed by atoms with Crippen LogP contribution in [0.1, 0.15) is 34.2 Å². The Kier molecular flexibility index (Phi) is 8.23. The molecule has 158 valence electrons. The zero-order valence-corrected chi connectivity index (χ0v) is 21.8. The summed E-state index contributed by atoms with van der Waals surface area (Å²) in [6.45, 7) is 8.06. The summed E-state index contributed by atoms with van der Waals surface area (Å²) in [5.41, 5.74) is 9.49. The summed E-state index contributed by atoms with van der Waals surface area (Å²) in [7, 11) is 0. The van der Waals surface area contributed by atoms with E-state index >= 15 is 0 Å². The fourth-order valence-electron chi connectivity index (χ4n) is 4.51. The Morgan fingerprint density at radius 3 is 2.22 bits per heavy atom. The van der Waals surface area contributed by atoms with Crippen LogP contribution in [0.3, 0.4) is 0 Å². The Labute approximate surface area is 211 Å². The van der Waals surface area contributed by atoms with E-state index in [4.69, 9.17) is 0 Å². The molecular weight excluding hydrogens is 510 g/mol. The number of halogens is 2. The van der Waals surface area contributed by atoms with Crippen molar-refractivity contribution in [1.82, 2.24) is 0 Å². The predicted octanol–water partition coefficient (Wildman–Crippen LogP) is 0.490. The monoisotopic (exact) mass is 532 g/mol. The van der Waals surface area contributed by atoms with Crippen molar-refractivity contribution < 1.29 is 46.1 Å². The van der Waals surface area contributed by atoms with E-state index in [1.54, 1.807) is 6.55 Å². The van der Waals surface area contributed by atoms with Crippen LogP contribution in [0.2, 0.25) is 0 Å². The SMILES string of the molecule is C=Cc1ccc2c(c1)-c1cc(C=C)c[c](/[Zr+2](=[CH]\c3ccccc3)[C]3=CC=CC3)c1C2.[Cl-].[Cl-]. The van der Waals surface area contributed by atoms with Gasteiger partial charge in [0.15, 0.2) is 0 Å². The molecule has 0 saturated heterocycles. The molecule has 0 aromatic heterocycles. The largest absolute Gasteiger partial charge is 1.00 e. The number of allylic oxidation sites excluding steroid dienone is 4. The van der Waals surface area contributed by atoms with Gasteiger partial charge in [-0.1, -0.05) is 0 Å². The molecule has 3 aromatic carbocycles. The van der Waals surface area contributed by atoms with Crippen LogP contribution in [0.4, 0.5) is 0 Å². The van der Waals surface area contributed by atoms with E-state index in [0.29, 0.717) is 0 Å². The van der Waals surface area contributed by atoms with E-state index in [2.05, 4.69) is 95.8 Å². The Bertz CT molecular complexity index is 1260. The number of fused-ring (bicyclic) bond motifs is 3. The van der Waals surface area contributed by atoms with E-state index in [1.807, 2.05) is 12.2 Å². The minimum absolute atomic E-state index is 0. The molecule has 0 spiro atoms. The van der Waals surface area contributed by atoms with E-state index in [9.17, 15) is 0 Å². The number of benzene rings is 3. The molecule has 0 nitrogen and oxygen atoms in total. The summed E-state index contributed by atoms with van der Waals surface area (Å²) in [5, 5.41) is 0. The van der Waals surface area contributed by atoms with Crippen molar-refractivity contribution in [2.75, 3.05) is 0 Å². The molecule has 0 atom stereocenters. The fourth-order valence-corrected chi connectivity index (χ4v) is 11.1. The Morgan fingerprint density at radius 1 is 0.781 bits per heavy atom. The normalized spacial score (nSPS) is 12.8. The van der Waals surface area contributed by atoms with Gasteiger partial charge in [-0.05, 0) is 0 Å². The molecular formula is C29H24Cl2Zr. The minimum Gasteiger partial charge on any atom is -1.00 e. The predicted molar refractivity (Wildman–Crippen MR) is 128 cm³/mol. The zero-order valence-electron chi connectivity index (χ0n) is 17.8. The van der Waals surface area contributed by atoms with Crippen molar-refractivity contribution in [3.8, 4) is 11.1 Å². The molecule has 5 rings (SSSR count). The van der Waals surface area contributed by atoms with Crippen LogP contribution in [0.25, 0.3) is 23.3 Å². The molecule has 0 unspecified atom stereocenters. The number of hydrogen-bond acceptors (Lipinski definition) is 0. The molecule has 3 heteroatoms. The van der Waals surface area contributed by atoms with Crippen molar-refractivity contribution in [2.24, 2.45) is 0 Å². The summed E-state index contributed by atoms with van der Waals surface area (Å²) in [6.07, 6.45) is 13.0. The third kappa shape index (κ3) is 4.67. The summed E-state index contributed by atoms with van der Waals surface area (Å²) in [5.74, 6) is 0. The standard InChI is InChI=1S/C17H13.C7H6.C5H5.2ClH.Zr/c1-3-12-5-7-14-11-15-8-6-13(4-2)10-17(15)16(14)9-12;1-7-5-3-2-4-6-7;1-2-4-5-3-1;;;/h3-7,9-10H,1-2,11H2;1-6H;1-3H,4H2;2*1H;/q;;;;;+2/p-2. The first-order valence-electron chi connectivity index (χ1n) is 10.4. The number of rotatable bonds is 5. The number of hydrogen-bond donors (Lipinski definition) is 0. The maximum atomic E-state index is 4.10. The van der Waals surface area contributed by atoms with Gasteiger partial charge in [0.2, 0.25) is 0 Å². The topological polar surface area (TPSA) is 0 Å². The second kappa shape index (κ2) is 10.7. The molecule has 3 aromatic rings. The molecule has 2 aliphatic rings. The van der Waals surface area contributed by atoms with Crippen molar-refractivity contribution in [3.05, 3.63) is 123 Å². The van der Waals surface area contributed by atoms with Crippen molar-refractivity contribution in [1.29, 1.82) is 0 Å². The van der Waals surface area contributed by atoms with Crippen LogP contribution < -0.4 is 28.1 Å². The van der Waals surface area contributed by atoms with Crippen molar-refractivity contribution >= 4 is 19.1 Å². The summed E-state index contributed by atoms with van der Waals surface area (Å²) >= 11 is -2.23. The first kappa shape index (κ1) is 24.6. The maximum Gasteiger partial charge on any atom is -1.00 e. The molecule has 32 heavy (non-hydrogen) atoms. The quantitative estimate of drug-likeness (QED) is 0.350. The van der Waals surface area contributed by atoms with E-state index < -0.39 is 21.3 Å². The van der Waals surface area contributed by atoms with Crippen molar-refractivity contribution in [2.45, 2.75) is 12.8 Å². The van der Waals surface area contributed by atoms with Crippen LogP contribution in [-0.2, 0) is 27.7 Å². The third-order valence-electron chi connectivity index (χ3n) is 6.05. The van der Waals surface area contributed by atoms with Crippen molar-refractivity contribution in [3.63, 3.8) is 0 Å². The first-order chi connectivity index (χ1) is 14.8. The molecule has 0 heterocycles. The Balaban J connectivity index is 0.00000144. The average Bonchev–Trinajstić information content (AvgIpc) is 3.45. The maximum absolute atomic E-state index is 4.10. The fraction of sp³-hybridized carbons (Fsp3) is 0.0690. The van der Waals surface area contributed by atoms with Crippen LogP contribution in [-0.4, -0.2) is 3.71 Å². The second-order valence-electron chi connectivity index (χ2n) is 7.89. The molecule has 0 saturated carbocycles. The van der Waals surface area contributed by atoms with Gasteiger partial charge >= 0.3 is 188 Å². The van der Waals surface area contributed by atoms with Crippen LogP contribution in [0.5, 0.6) is 0 Å². The van der Waals surface area contributed by atoms with Crippen LogP contribution in [0, 0.1) is 0 Å². The molecule has 0 fully saturated rings.